The highest BCUT2D eigenvalue weighted by atomic mass is 32.2. The Kier molecular flexibility index (Phi) is 6.58. The maximum absolute atomic E-state index is 12.3. The minimum atomic E-state index is -3.44. The molecule has 0 saturated heterocycles. The van der Waals surface area contributed by atoms with Crippen molar-refractivity contribution in [3.63, 3.8) is 0 Å². The summed E-state index contributed by atoms with van der Waals surface area (Å²) in [6.45, 7) is -0.291. The van der Waals surface area contributed by atoms with Gasteiger partial charge in [0.05, 0.1) is 22.8 Å². The fourth-order valence-corrected chi connectivity index (χ4v) is 4.82. The van der Waals surface area contributed by atoms with E-state index < -0.39 is 21.7 Å². The van der Waals surface area contributed by atoms with Gasteiger partial charge in [-0.25, -0.2) is 18.4 Å². The van der Waals surface area contributed by atoms with Crippen molar-refractivity contribution in [3.8, 4) is 22.0 Å². The van der Waals surface area contributed by atoms with E-state index in [1.165, 1.54) is 46.9 Å². The van der Waals surface area contributed by atoms with Gasteiger partial charge in [-0.05, 0) is 30.3 Å². The van der Waals surface area contributed by atoms with Gasteiger partial charge in [0.25, 0.3) is 5.91 Å². The lowest BCUT2D eigenvalue weighted by atomic mass is 10.2. The van der Waals surface area contributed by atoms with Gasteiger partial charge in [0.15, 0.2) is 15.0 Å². The van der Waals surface area contributed by atoms with E-state index in [0.29, 0.717) is 10.8 Å². The lowest BCUT2D eigenvalue weighted by Crippen LogP contribution is -2.32. The van der Waals surface area contributed by atoms with E-state index >= 15 is 0 Å². The van der Waals surface area contributed by atoms with Crippen LogP contribution in [0, 0.1) is 0 Å². The topological polar surface area (TPSA) is 131 Å². The van der Waals surface area contributed by atoms with E-state index in [-0.39, 0.29) is 17.0 Å². The van der Waals surface area contributed by atoms with Crippen LogP contribution in [0.3, 0.4) is 0 Å². The number of anilines is 1. The van der Waals surface area contributed by atoms with Crippen molar-refractivity contribution < 1.29 is 18.0 Å². The Labute approximate surface area is 197 Å². The zero-order valence-electron chi connectivity index (χ0n) is 17.2. The molecule has 168 valence electrons. The molecule has 0 spiro atoms. The molecule has 12 heteroatoms. The Hall–Kier alpha value is -3.48. The summed E-state index contributed by atoms with van der Waals surface area (Å²) in [4.78, 5) is 37.6. The molecule has 0 unspecified atom stereocenters. The first kappa shape index (κ1) is 22.7. The predicted molar refractivity (Wildman–Crippen MR) is 127 cm³/mol. The molecule has 4 rings (SSSR count). The number of carbonyl (C=O) groups is 2. The smallest absolute Gasteiger partial charge is 0.251 e. The molecule has 3 aromatic heterocycles. The molecule has 33 heavy (non-hydrogen) atoms. The molecule has 3 heterocycles. The standard InChI is InChI=1S/C21H17N5O4S3/c1-33(29,30)15-4-2-3-14(9-15)19(28)24-11-18(27)26-21-25-17(12-32-21)13-5-6-22-16(10-13)20-23-7-8-31-20/h2-10,12H,11H2,1H3,(H,24,28)(H,25,26,27). The third-order valence-corrected chi connectivity index (χ3v) is 7.06. The number of sulfone groups is 1. The molecule has 0 aliphatic rings. The lowest BCUT2D eigenvalue weighted by Gasteiger charge is -2.06. The Morgan fingerprint density at radius 3 is 2.64 bits per heavy atom. The predicted octanol–water partition coefficient (Wildman–Crippen LogP) is 3.10. The van der Waals surface area contributed by atoms with Gasteiger partial charge in [-0.2, -0.15) is 0 Å². The van der Waals surface area contributed by atoms with E-state index in [0.717, 1.165) is 22.5 Å². The molecule has 1 aromatic carbocycles. The summed E-state index contributed by atoms with van der Waals surface area (Å²) in [7, 11) is -3.44. The molecule has 0 aliphatic heterocycles. The summed E-state index contributed by atoms with van der Waals surface area (Å²) in [5.74, 6) is -1.01. The molecule has 0 bridgehead atoms. The van der Waals surface area contributed by atoms with Crippen LogP contribution in [0.5, 0.6) is 0 Å². The number of benzene rings is 1. The second-order valence-electron chi connectivity index (χ2n) is 6.84. The largest absolute Gasteiger partial charge is 0.343 e. The monoisotopic (exact) mass is 499 g/mol. The van der Waals surface area contributed by atoms with Crippen LogP contribution >= 0.6 is 22.7 Å². The summed E-state index contributed by atoms with van der Waals surface area (Å²) in [5, 5.41) is 10.0. The Morgan fingerprint density at radius 1 is 1.03 bits per heavy atom. The Bertz CT molecular complexity index is 1420. The van der Waals surface area contributed by atoms with Crippen molar-refractivity contribution >= 4 is 49.5 Å². The average Bonchev–Trinajstić information content (AvgIpc) is 3.50. The number of pyridine rings is 1. The van der Waals surface area contributed by atoms with Crippen molar-refractivity contribution in [2.24, 2.45) is 0 Å². The molecule has 0 saturated carbocycles. The maximum Gasteiger partial charge on any atom is 0.251 e. The van der Waals surface area contributed by atoms with Crippen molar-refractivity contribution in [1.82, 2.24) is 20.3 Å². The second kappa shape index (κ2) is 9.57. The van der Waals surface area contributed by atoms with E-state index in [2.05, 4.69) is 25.6 Å². The number of hydrogen-bond acceptors (Lipinski definition) is 9. The van der Waals surface area contributed by atoms with Crippen LogP contribution in [0.25, 0.3) is 22.0 Å². The number of aromatic nitrogens is 3. The molecule has 9 nitrogen and oxygen atoms in total. The van der Waals surface area contributed by atoms with Gasteiger partial charge in [-0.15, -0.1) is 22.7 Å². The molecular formula is C21H17N5O4S3. The minimum Gasteiger partial charge on any atom is -0.343 e. The van der Waals surface area contributed by atoms with Crippen LogP contribution in [0.4, 0.5) is 5.13 Å². The highest BCUT2D eigenvalue weighted by molar-refractivity contribution is 7.90. The van der Waals surface area contributed by atoms with E-state index in [1.54, 1.807) is 12.4 Å². The number of rotatable bonds is 7. The number of carbonyl (C=O) groups excluding carboxylic acids is 2. The van der Waals surface area contributed by atoms with Gasteiger partial charge in [-0.3, -0.25) is 14.6 Å². The van der Waals surface area contributed by atoms with E-state index in [9.17, 15) is 18.0 Å². The highest BCUT2D eigenvalue weighted by Gasteiger charge is 2.14. The summed E-state index contributed by atoms with van der Waals surface area (Å²) in [6.07, 6.45) is 4.45. The van der Waals surface area contributed by atoms with Gasteiger partial charge in [-0.1, -0.05) is 6.07 Å². The second-order valence-corrected chi connectivity index (χ2v) is 10.6. The molecule has 4 aromatic rings. The summed E-state index contributed by atoms with van der Waals surface area (Å²) >= 11 is 2.74. The molecule has 0 fully saturated rings. The average molecular weight is 500 g/mol. The molecule has 0 aliphatic carbocycles. The maximum atomic E-state index is 12.3. The lowest BCUT2D eigenvalue weighted by molar-refractivity contribution is -0.115. The Balaban J connectivity index is 1.37. The van der Waals surface area contributed by atoms with Crippen LogP contribution in [-0.4, -0.2) is 48.0 Å². The van der Waals surface area contributed by atoms with Crippen molar-refractivity contribution in [2.45, 2.75) is 4.90 Å². The van der Waals surface area contributed by atoms with E-state index in [4.69, 9.17) is 0 Å². The van der Waals surface area contributed by atoms with Crippen LogP contribution in [0.2, 0.25) is 0 Å². The first-order valence-corrected chi connectivity index (χ1v) is 13.1. The molecule has 0 atom stereocenters. The van der Waals surface area contributed by atoms with Gasteiger partial charge in [0.1, 0.15) is 5.01 Å². The van der Waals surface area contributed by atoms with Gasteiger partial charge in [0.2, 0.25) is 5.91 Å². The van der Waals surface area contributed by atoms with Crippen molar-refractivity contribution in [3.05, 3.63) is 65.1 Å². The van der Waals surface area contributed by atoms with Crippen LogP contribution in [0.15, 0.2) is 64.4 Å². The SMILES string of the molecule is CS(=O)(=O)c1cccc(C(=O)NCC(=O)Nc2nc(-c3ccnc(-c4nccs4)c3)cs2)c1. The number of nitrogens with zero attached hydrogens (tertiary/aromatic N) is 3. The van der Waals surface area contributed by atoms with Crippen LogP contribution < -0.4 is 10.6 Å². The third kappa shape index (κ3) is 5.66. The molecule has 2 amide bonds. The number of amides is 2. The summed E-state index contributed by atoms with van der Waals surface area (Å²) < 4.78 is 23.3. The number of nitrogens with one attached hydrogen (secondary N) is 2. The molecule has 2 N–H and O–H groups in total. The van der Waals surface area contributed by atoms with Crippen molar-refractivity contribution in [2.75, 3.05) is 18.1 Å². The Morgan fingerprint density at radius 2 is 1.88 bits per heavy atom. The van der Waals surface area contributed by atoms with Crippen LogP contribution in [0.1, 0.15) is 10.4 Å². The quantitative estimate of drug-likeness (QED) is 0.399. The summed E-state index contributed by atoms with van der Waals surface area (Å²) in [6, 6.07) is 9.32. The number of thiazole rings is 2. The normalized spacial score (nSPS) is 11.2. The van der Waals surface area contributed by atoms with Gasteiger partial charge < -0.3 is 10.6 Å². The zero-order valence-corrected chi connectivity index (χ0v) is 19.6. The van der Waals surface area contributed by atoms with Gasteiger partial charge >= 0.3 is 0 Å². The van der Waals surface area contributed by atoms with Crippen LogP contribution in [-0.2, 0) is 14.6 Å². The first-order valence-electron chi connectivity index (χ1n) is 9.49. The fraction of sp³-hybridized carbons (Fsp3) is 0.0952. The summed E-state index contributed by atoms with van der Waals surface area (Å²) in [5.41, 5.74) is 2.41. The zero-order chi connectivity index (χ0) is 23.4. The molecule has 0 radical (unpaired) electrons. The number of hydrogen-bond donors (Lipinski definition) is 2. The van der Waals surface area contributed by atoms with Crippen molar-refractivity contribution in [1.29, 1.82) is 0 Å². The highest BCUT2D eigenvalue weighted by Crippen LogP contribution is 2.28. The minimum absolute atomic E-state index is 0.0315. The third-order valence-electron chi connectivity index (χ3n) is 4.39. The van der Waals surface area contributed by atoms with Gasteiger partial charge in [0, 0.05) is 40.5 Å². The van der Waals surface area contributed by atoms with E-state index in [1.807, 2.05) is 22.9 Å². The first-order chi connectivity index (χ1) is 15.8. The molecular weight excluding hydrogens is 482 g/mol. The fourth-order valence-electron chi connectivity index (χ4n) is 2.81.